The fourth-order valence-electron chi connectivity index (χ4n) is 1.83. The summed E-state index contributed by atoms with van der Waals surface area (Å²) in [7, 11) is 0. The number of aliphatic hydroxyl groups is 1. The fraction of sp³-hybridized carbons (Fsp3) is 0.400. The van der Waals surface area contributed by atoms with E-state index in [1.165, 1.54) is 0 Å². The molecule has 2 unspecified atom stereocenters. The molecule has 0 saturated carbocycles. The number of halogens is 1. The topological polar surface area (TPSA) is 67.3 Å². The normalized spacial score (nSPS) is 24.4. The number of aliphatic hydroxyl groups excluding tert-OH is 1. The molecule has 2 N–H and O–H groups in total. The van der Waals surface area contributed by atoms with E-state index in [0.29, 0.717) is 23.9 Å². The van der Waals surface area contributed by atoms with Crippen LogP contribution >= 0.6 is 23.3 Å². The Bertz CT molecular complexity index is 547. The smallest absolute Gasteiger partial charge is 0.129 e. The third kappa shape index (κ3) is 1.97. The molecule has 0 amide bonds. The molecule has 1 aromatic heterocycles. The lowest BCUT2D eigenvalue weighted by molar-refractivity contribution is 0.125. The summed E-state index contributed by atoms with van der Waals surface area (Å²) in [6, 6.07) is 3.45. The molecular weight excluding hydrogens is 262 g/mol. The molecule has 2 heterocycles. The maximum atomic E-state index is 9.70. The van der Waals surface area contributed by atoms with Gasteiger partial charge in [0.25, 0.3) is 0 Å². The molecule has 1 aliphatic heterocycles. The minimum absolute atomic E-state index is 0.153. The van der Waals surface area contributed by atoms with E-state index in [-0.39, 0.29) is 6.04 Å². The summed E-state index contributed by atoms with van der Waals surface area (Å²) in [5.74, 6) is 0. The standard InChI is InChI=1S/C10H10ClN3O2S/c11-5-1-2-6-10(14-17-13-6)9(5)12-7-3-16-4-8(7)15/h1-2,7-8,12,15H,3-4H2. The fourth-order valence-corrected chi connectivity index (χ4v) is 2.58. The van der Waals surface area contributed by atoms with Gasteiger partial charge in [0.1, 0.15) is 11.0 Å². The number of hydrogen-bond donors (Lipinski definition) is 2. The molecule has 90 valence electrons. The van der Waals surface area contributed by atoms with Crippen LogP contribution in [-0.2, 0) is 4.74 Å². The molecule has 0 aliphatic carbocycles. The van der Waals surface area contributed by atoms with Gasteiger partial charge in [-0.05, 0) is 12.1 Å². The number of anilines is 1. The Labute approximate surface area is 107 Å². The summed E-state index contributed by atoms with van der Waals surface area (Å²) in [5.41, 5.74) is 2.25. The van der Waals surface area contributed by atoms with E-state index in [2.05, 4.69) is 14.1 Å². The van der Waals surface area contributed by atoms with Gasteiger partial charge < -0.3 is 15.2 Å². The van der Waals surface area contributed by atoms with Crippen LogP contribution in [0.3, 0.4) is 0 Å². The first kappa shape index (κ1) is 11.2. The highest BCUT2D eigenvalue weighted by Gasteiger charge is 2.27. The van der Waals surface area contributed by atoms with E-state index in [1.54, 1.807) is 6.07 Å². The van der Waals surface area contributed by atoms with Crippen molar-refractivity contribution >= 4 is 40.0 Å². The van der Waals surface area contributed by atoms with Gasteiger partial charge >= 0.3 is 0 Å². The molecule has 3 rings (SSSR count). The van der Waals surface area contributed by atoms with Crippen molar-refractivity contribution in [2.45, 2.75) is 12.1 Å². The Kier molecular flexibility index (Phi) is 2.87. The van der Waals surface area contributed by atoms with E-state index in [9.17, 15) is 5.11 Å². The van der Waals surface area contributed by atoms with Crippen LogP contribution in [0.25, 0.3) is 11.0 Å². The monoisotopic (exact) mass is 271 g/mol. The minimum Gasteiger partial charge on any atom is -0.388 e. The molecule has 5 nitrogen and oxygen atoms in total. The summed E-state index contributed by atoms with van der Waals surface area (Å²) in [5, 5.41) is 13.5. The van der Waals surface area contributed by atoms with E-state index in [0.717, 1.165) is 22.8 Å². The average Bonchev–Trinajstić information content (AvgIpc) is 2.92. The predicted molar refractivity (Wildman–Crippen MR) is 66.7 cm³/mol. The van der Waals surface area contributed by atoms with Gasteiger partial charge in [-0.1, -0.05) is 11.6 Å². The molecule has 7 heteroatoms. The van der Waals surface area contributed by atoms with Crippen LogP contribution in [0.2, 0.25) is 5.02 Å². The van der Waals surface area contributed by atoms with Crippen molar-refractivity contribution in [3.63, 3.8) is 0 Å². The second-order valence-electron chi connectivity index (χ2n) is 3.91. The van der Waals surface area contributed by atoms with Crippen LogP contribution in [0.15, 0.2) is 12.1 Å². The quantitative estimate of drug-likeness (QED) is 0.867. The number of nitrogens with zero attached hydrogens (tertiary/aromatic N) is 2. The van der Waals surface area contributed by atoms with Gasteiger partial charge in [-0.2, -0.15) is 8.75 Å². The van der Waals surface area contributed by atoms with Gasteiger partial charge in [-0.3, -0.25) is 0 Å². The highest BCUT2D eigenvalue weighted by molar-refractivity contribution is 7.00. The Morgan fingerprint density at radius 2 is 2.29 bits per heavy atom. The van der Waals surface area contributed by atoms with Crippen molar-refractivity contribution in [1.29, 1.82) is 0 Å². The lowest BCUT2D eigenvalue weighted by atomic mass is 10.2. The Hall–Kier alpha value is -0.950. The van der Waals surface area contributed by atoms with E-state index in [1.807, 2.05) is 6.07 Å². The van der Waals surface area contributed by atoms with Gasteiger partial charge in [0, 0.05) is 0 Å². The van der Waals surface area contributed by atoms with Crippen LogP contribution < -0.4 is 5.32 Å². The minimum atomic E-state index is -0.520. The van der Waals surface area contributed by atoms with Gasteiger partial charge in [-0.25, -0.2) is 0 Å². The molecule has 0 spiro atoms. The zero-order chi connectivity index (χ0) is 11.8. The zero-order valence-corrected chi connectivity index (χ0v) is 10.3. The van der Waals surface area contributed by atoms with E-state index in [4.69, 9.17) is 16.3 Å². The van der Waals surface area contributed by atoms with Crippen LogP contribution in [0, 0.1) is 0 Å². The summed E-state index contributed by atoms with van der Waals surface area (Å²) in [4.78, 5) is 0. The lowest BCUT2D eigenvalue weighted by Crippen LogP contribution is -2.32. The van der Waals surface area contributed by atoms with Crippen molar-refractivity contribution in [3.05, 3.63) is 17.2 Å². The largest absolute Gasteiger partial charge is 0.388 e. The van der Waals surface area contributed by atoms with Crippen LogP contribution in [0.5, 0.6) is 0 Å². The van der Waals surface area contributed by atoms with Crippen LogP contribution in [0.4, 0.5) is 5.69 Å². The number of fused-ring (bicyclic) bond motifs is 1. The summed E-state index contributed by atoms with van der Waals surface area (Å²) < 4.78 is 13.5. The maximum absolute atomic E-state index is 9.70. The molecule has 17 heavy (non-hydrogen) atoms. The van der Waals surface area contributed by atoms with Crippen molar-refractivity contribution in [2.75, 3.05) is 18.5 Å². The number of benzene rings is 1. The van der Waals surface area contributed by atoms with Gasteiger partial charge in [0.2, 0.25) is 0 Å². The Balaban J connectivity index is 1.98. The molecule has 2 aromatic rings. The number of hydrogen-bond acceptors (Lipinski definition) is 6. The first-order valence-electron chi connectivity index (χ1n) is 5.19. The molecule has 1 aliphatic rings. The lowest BCUT2D eigenvalue weighted by Gasteiger charge is -2.17. The third-order valence-electron chi connectivity index (χ3n) is 2.76. The van der Waals surface area contributed by atoms with E-state index < -0.39 is 6.10 Å². The maximum Gasteiger partial charge on any atom is 0.129 e. The van der Waals surface area contributed by atoms with Crippen molar-refractivity contribution < 1.29 is 9.84 Å². The van der Waals surface area contributed by atoms with Crippen molar-refractivity contribution in [2.24, 2.45) is 0 Å². The summed E-state index contributed by atoms with van der Waals surface area (Å²) >= 11 is 7.28. The van der Waals surface area contributed by atoms with Crippen molar-refractivity contribution in [3.8, 4) is 0 Å². The van der Waals surface area contributed by atoms with Gasteiger partial charge in [-0.15, -0.1) is 0 Å². The number of rotatable bonds is 2. The van der Waals surface area contributed by atoms with Crippen LogP contribution in [0.1, 0.15) is 0 Å². The van der Waals surface area contributed by atoms with Gasteiger partial charge in [0.15, 0.2) is 0 Å². The van der Waals surface area contributed by atoms with Crippen LogP contribution in [-0.4, -0.2) is 39.2 Å². The predicted octanol–water partition coefficient (Wildman–Crippen LogP) is 1.52. The Morgan fingerprint density at radius 3 is 3.06 bits per heavy atom. The average molecular weight is 272 g/mol. The number of ether oxygens (including phenoxy) is 1. The second kappa shape index (κ2) is 4.38. The highest BCUT2D eigenvalue weighted by Crippen LogP contribution is 2.31. The molecular formula is C10H10ClN3O2S. The SMILES string of the molecule is OC1COCC1Nc1c(Cl)ccc2nsnc12. The van der Waals surface area contributed by atoms with Gasteiger partial charge in [0.05, 0.1) is 47.8 Å². The number of nitrogens with one attached hydrogen (secondary N) is 1. The molecule has 1 saturated heterocycles. The van der Waals surface area contributed by atoms with E-state index >= 15 is 0 Å². The second-order valence-corrected chi connectivity index (χ2v) is 4.85. The first-order valence-corrected chi connectivity index (χ1v) is 6.29. The zero-order valence-electron chi connectivity index (χ0n) is 8.76. The molecule has 1 fully saturated rings. The third-order valence-corrected chi connectivity index (χ3v) is 3.61. The molecule has 2 atom stereocenters. The Morgan fingerprint density at radius 1 is 1.41 bits per heavy atom. The molecule has 0 radical (unpaired) electrons. The first-order chi connectivity index (χ1) is 8.25. The number of aromatic nitrogens is 2. The molecule has 1 aromatic carbocycles. The molecule has 0 bridgehead atoms. The summed E-state index contributed by atoms with van der Waals surface area (Å²) in [6.45, 7) is 0.812. The summed E-state index contributed by atoms with van der Waals surface area (Å²) in [6.07, 6.45) is -0.520. The highest BCUT2D eigenvalue weighted by atomic mass is 35.5. The van der Waals surface area contributed by atoms with Crippen molar-refractivity contribution in [1.82, 2.24) is 8.75 Å².